The number of amides is 2. The van der Waals surface area contributed by atoms with Crippen molar-refractivity contribution in [3.63, 3.8) is 0 Å². The Bertz CT molecular complexity index is 963. The summed E-state index contributed by atoms with van der Waals surface area (Å²) in [5.41, 5.74) is 0.618. The number of likely N-dealkylation sites (N-methyl/N-ethyl adjacent to an activating group) is 1. The SMILES string of the molecule is CN(CC(O)COc1cc(Cl)cc(Cl)c1)C(=O)NC1CC2(CCOCC2)Oc2ccccc21. The summed E-state index contributed by atoms with van der Waals surface area (Å²) in [6, 6.07) is 12.2. The van der Waals surface area contributed by atoms with Crippen LogP contribution in [0.25, 0.3) is 0 Å². The van der Waals surface area contributed by atoms with Gasteiger partial charge in [-0.15, -0.1) is 0 Å². The Labute approximate surface area is 203 Å². The van der Waals surface area contributed by atoms with Crippen LogP contribution < -0.4 is 14.8 Å². The number of para-hydroxylation sites is 1. The lowest BCUT2D eigenvalue weighted by Crippen LogP contribution is -2.50. The molecule has 1 spiro atoms. The molecule has 0 bridgehead atoms. The van der Waals surface area contributed by atoms with E-state index in [0.29, 0.717) is 35.4 Å². The van der Waals surface area contributed by atoms with Crippen LogP contribution in [-0.4, -0.2) is 61.2 Å². The fraction of sp³-hybridized carbons (Fsp3) is 0.458. The first-order chi connectivity index (χ1) is 15.8. The molecule has 7 nitrogen and oxygen atoms in total. The van der Waals surface area contributed by atoms with Crippen LogP contribution in [0, 0.1) is 0 Å². The fourth-order valence-corrected chi connectivity index (χ4v) is 4.82. The van der Waals surface area contributed by atoms with Crippen molar-refractivity contribution < 1.29 is 24.1 Å². The van der Waals surface area contributed by atoms with Gasteiger partial charge in [-0.05, 0) is 24.3 Å². The highest BCUT2D eigenvalue weighted by molar-refractivity contribution is 6.34. The summed E-state index contributed by atoms with van der Waals surface area (Å²) in [6.07, 6.45) is 1.36. The molecule has 2 aromatic carbocycles. The maximum Gasteiger partial charge on any atom is 0.317 e. The summed E-state index contributed by atoms with van der Waals surface area (Å²) in [5, 5.41) is 14.4. The molecule has 0 aromatic heterocycles. The molecule has 178 valence electrons. The molecule has 2 heterocycles. The van der Waals surface area contributed by atoms with Gasteiger partial charge in [0.1, 0.15) is 29.8 Å². The van der Waals surface area contributed by atoms with Gasteiger partial charge in [-0.3, -0.25) is 0 Å². The van der Waals surface area contributed by atoms with Crippen LogP contribution in [0.2, 0.25) is 10.0 Å². The molecule has 33 heavy (non-hydrogen) atoms. The number of benzene rings is 2. The van der Waals surface area contributed by atoms with E-state index in [1.165, 1.54) is 4.90 Å². The number of urea groups is 1. The molecule has 2 aliphatic heterocycles. The standard InChI is InChI=1S/C24H28Cl2N2O5/c1-28(14-18(29)15-32-19-11-16(25)10-17(26)12-19)23(30)27-21-13-24(6-8-31-9-7-24)33-22-5-3-2-4-20(21)22/h2-5,10-12,18,21,29H,6-9,13-15H2,1H3,(H,27,30). The number of carbonyl (C=O) groups excluding carboxylic acids is 1. The van der Waals surface area contributed by atoms with Crippen LogP contribution in [0.3, 0.4) is 0 Å². The van der Waals surface area contributed by atoms with Crippen molar-refractivity contribution in [2.75, 3.05) is 33.4 Å². The number of rotatable bonds is 6. The summed E-state index contributed by atoms with van der Waals surface area (Å²) in [6.45, 7) is 1.39. The van der Waals surface area contributed by atoms with E-state index in [2.05, 4.69) is 5.32 Å². The lowest BCUT2D eigenvalue weighted by molar-refractivity contribution is -0.0639. The Morgan fingerprint density at radius 1 is 1.24 bits per heavy atom. The summed E-state index contributed by atoms with van der Waals surface area (Å²) in [5.74, 6) is 1.26. The predicted octanol–water partition coefficient (Wildman–Crippen LogP) is 4.45. The molecule has 4 rings (SSSR count). The molecule has 2 unspecified atom stereocenters. The number of aliphatic hydroxyl groups is 1. The van der Waals surface area contributed by atoms with E-state index >= 15 is 0 Å². The van der Waals surface area contributed by atoms with Crippen molar-refractivity contribution in [3.8, 4) is 11.5 Å². The Balaban J connectivity index is 1.35. The molecule has 0 radical (unpaired) electrons. The maximum atomic E-state index is 13.0. The largest absolute Gasteiger partial charge is 0.491 e. The van der Waals surface area contributed by atoms with Crippen molar-refractivity contribution >= 4 is 29.2 Å². The van der Waals surface area contributed by atoms with Gasteiger partial charge in [-0.25, -0.2) is 4.79 Å². The summed E-state index contributed by atoms with van der Waals surface area (Å²) >= 11 is 11.9. The molecule has 2 N–H and O–H groups in total. The van der Waals surface area contributed by atoms with Gasteiger partial charge in [0.25, 0.3) is 0 Å². The van der Waals surface area contributed by atoms with E-state index in [4.69, 9.17) is 37.4 Å². The molecule has 0 saturated carbocycles. The molecule has 9 heteroatoms. The number of aliphatic hydroxyl groups excluding tert-OH is 1. The van der Waals surface area contributed by atoms with Crippen molar-refractivity contribution in [1.29, 1.82) is 0 Å². The van der Waals surface area contributed by atoms with Crippen LogP contribution in [0.4, 0.5) is 4.79 Å². The van der Waals surface area contributed by atoms with Gasteiger partial charge in [0.15, 0.2) is 0 Å². The predicted molar refractivity (Wildman–Crippen MR) is 126 cm³/mol. The van der Waals surface area contributed by atoms with Gasteiger partial charge >= 0.3 is 6.03 Å². The quantitative estimate of drug-likeness (QED) is 0.619. The van der Waals surface area contributed by atoms with E-state index in [1.54, 1.807) is 25.2 Å². The number of nitrogens with zero attached hydrogens (tertiary/aromatic N) is 1. The number of halogens is 2. The molecule has 2 aliphatic rings. The Kier molecular flexibility index (Phi) is 7.54. The second kappa shape index (κ2) is 10.4. The van der Waals surface area contributed by atoms with Gasteiger partial charge in [0.2, 0.25) is 0 Å². The molecular formula is C24H28Cl2N2O5. The highest BCUT2D eigenvalue weighted by Crippen LogP contribution is 2.43. The molecule has 1 fully saturated rings. The highest BCUT2D eigenvalue weighted by atomic mass is 35.5. The zero-order chi connectivity index (χ0) is 23.4. The molecule has 2 atom stereocenters. The van der Waals surface area contributed by atoms with Crippen LogP contribution in [0.5, 0.6) is 11.5 Å². The van der Waals surface area contributed by atoms with Gasteiger partial charge < -0.3 is 29.5 Å². The molecule has 1 saturated heterocycles. The van der Waals surface area contributed by atoms with E-state index in [1.807, 2.05) is 24.3 Å². The van der Waals surface area contributed by atoms with E-state index in [-0.39, 0.29) is 30.8 Å². The first kappa shape index (κ1) is 24.0. The Hall–Kier alpha value is -2.19. The third-order valence-corrected chi connectivity index (χ3v) is 6.44. The monoisotopic (exact) mass is 494 g/mol. The topological polar surface area (TPSA) is 80.3 Å². The van der Waals surface area contributed by atoms with Gasteiger partial charge in [0, 0.05) is 41.9 Å². The van der Waals surface area contributed by atoms with Crippen LogP contribution in [0.1, 0.15) is 30.9 Å². The average Bonchev–Trinajstić information content (AvgIpc) is 2.77. The number of hydrogen-bond donors (Lipinski definition) is 2. The third-order valence-electron chi connectivity index (χ3n) is 6.01. The summed E-state index contributed by atoms with van der Waals surface area (Å²) < 4.78 is 17.5. The lowest BCUT2D eigenvalue weighted by atomic mass is 9.82. The maximum absolute atomic E-state index is 13.0. The smallest absolute Gasteiger partial charge is 0.317 e. The second-order valence-electron chi connectivity index (χ2n) is 8.59. The Morgan fingerprint density at radius 2 is 1.94 bits per heavy atom. The van der Waals surface area contributed by atoms with Crippen LogP contribution in [-0.2, 0) is 4.74 Å². The summed E-state index contributed by atoms with van der Waals surface area (Å²) in [4.78, 5) is 14.4. The van der Waals surface area contributed by atoms with Crippen molar-refractivity contribution in [3.05, 3.63) is 58.1 Å². The minimum atomic E-state index is -0.887. The van der Waals surface area contributed by atoms with E-state index in [0.717, 1.165) is 24.2 Å². The number of nitrogens with one attached hydrogen (secondary N) is 1. The third kappa shape index (κ3) is 6.03. The molecule has 0 aliphatic carbocycles. The lowest BCUT2D eigenvalue weighted by Gasteiger charge is -2.44. The summed E-state index contributed by atoms with van der Waals surface area (Å²) in [7, 11) is 1.64. The van der Waals surface area contributed by atoms with E-state index < -0.39 is 6.10 Å². The van der Waals surface area contributed by atoms with Crippen LogP contribution >= 0.6 is 23.2 Å². The van der Waals surface area contributed by atoms with Crippen molar-refractivity contribution in [1.82, 2.24) is 10.2 Å². The van der Waals surface area contributed by atoms with Crippen LogP contribution in [0.15, 0.2) is 42.5 Å². The number of ether oxygens (including phenoxy) is 3. The van der Waals surface area contributed by atoms with Gasteiger partial charge in [0.05, 0.1) is 25.8 Å². The second-order valence-corrected chi connectivity index (χ2v) is 9.46. The molecule has 2 aromatic rings. The van der Waals surface area contributed by atoms with Gasteiger partial charge in [-0.1, -0.05) is 41.4 Å². The first-order valence-corrected chi connectivity index (χ1v) is 11.7. The fourth-order valence-electron chi connectivity index (χ4n) is 4.31. The average molecular weight is 495 g/mol. The van der Waals surface area contributed by atoms with Crippen molar-refractivity contribution in [2.45, 2.75) is 37.0 Å². The molecule has 2 amide bonds. The number of hydrogen-bond acceptors (Lipinski definition) is 5. The first-order valence-electron chi connectivity index (χ1n) is 11.0. The zero-order valence-corrected chi connectivity index (χ0v) is 19.9. The Morgan fingerprint density at radius 3 is 2.67 bits per heavy atom. The minimum absolute atomic E-state index is 0.00248. The van der Waals surface area contributed by atoms with Crippen molar-refractivity contribution in [2.24, 2.45) is 0 Å². The zero-order valence-electron chi connectivity index (χ0n) is 18.4. The number of carbonyl (C=O) groups is 1. The van der Waals surface area contributed by atoms with E-state index in [9.17, 15) is 9.90 Å². The molecular weight excluding hydrogens is 467 g/mol. The van der Waals surface area contributed by atoms with Gasteiger partial charge in [-0.2, -0.15) is 0 Å². The normalized spacial score (nSPS) is 19.8. The number of fused-ring (bicyclic) bond motifs is 1. The minimum Gasteiger partial charge on any atom is -0.491 e. The highest BCUT2D eigenvalue weighted by Gasteiger charge is 2.42.